The summed E-state index contributed by atoms with van der Waals surface area (Å²) in [7, 11) is 0. The molecule has 0 spiro atoms. The van der Waals surface area contributed by atoms with E-state index < -0.39 is 0 Å². The van der Waals surface area contributed by atoms with Crippen molar-refractivity contribution in [1.82, 2.24) is 9.88 Å². The van der Waals surface area contributed by atoms with Crippen LogP contribution < -0.4 is 15.5 Å². The van der Waals surface area contributed by atoms with Crippen LogP contribution in [0.15, 0.2) is 12.3 Å². The van der Waals surface area contributed by atoms with Gasteiger partial charge in [0.05, 0.1) is 5.35 Å². The zero-order chi connectivity index (χ0) is 15.1. The van der Waals surface area contributed by atoms with Gasteiger partial charge in [-0.2, -0.15) is 0 Å². The number of aromatic nitrogens is 1. The molecule has 1 aliphatic rings. The van der Waals surface area contributed by atoms with Crippen LogP contribution in [0.25, 0.3) is 12.2 Å². The molecule has 0 saturated carbocycles. The number of nitrogens with zero attached hydrogens (tertiary/aromatic N) is 3. The summed E-state index contributed by atoms with van der Waals surface area (Å²) in [5, 5.41) is 3.28. The first-order chi connectivity index (χ1) is 10.3. The van der Waals surface area contributed by atoms with Crippen molar-refractivity contribution in [1.29, 1.82) is 0 Å². The molecule has 1 aliphatic heterocycles. The molecule has 1 aromatic rings. The van der Waals surface area contributed by atoms with Gasteiger partial charge in [-0.05, 0) is 32.0 Å². The molecule has 3 nitrogen and oxygen atoms in total. The van der Waals surface area contributed by atoms with Gasteiger partial charge in [0, 0.05) is 54.5 Å². The third-order valence-corrected chi connectivity index (χ3v) is 4.59. The second-order valence-electron chi connectivity index (χ2n) is 5.15. The second kappa shape index (κ2) is 8.76. The van der Waals surface area contributed by atoms with Crippen LogP contribution in [0.2, 0.25) is 0 Å². The van der Waals surface area contributed by atoms with Gasteiger partial charge in [-0.25, -0.2) is 0 Å². The van der Waals surface area contributed by atoms with Crippen LogP contribution in [-0.4, -0.2) is 53.8 Å². The molecule has 0 N–H and O–H groups in total. The maximum atomic E-state index is 5.84. The monoisotopic (exact) mass is 371 g/mol. The topological polar surface area (TPSA) is 19.4 Å². The molecule has 21 heavy (non-hydrogen) atoms. The predicted octanol–water partition coefficient (Wildman–Crippen LogP) is 1.81. The lowest BCUT2D eigenvalue weighted by molar-refractivity contribution is 0.259. The van der Waals surface area contributed by atoms with E-state index in [1.165, 1.54) is 23.9 Å². The largest absolute Gasteiger partial charge is 0.368 e. The van der Waals surface area contributed by atoms with Crippen molar-refractivity contribution in [3.63, 3.8) is 0 Å². The van der Waals surface area contributed by atoms with Gasteiger partial charge in [-0.3, -0.25) is 9.88 Å². The number of hydrogen-bond donors (Lipinski definition) is 0. The van der Waals surface area contributed by atoms with Crippen LogP contribution in [0.5, 0.6) is 0 Å². The molecule has 1 fully saturated rings. The van der Waals surface area contributed by atoms with Gasteiger partial charge in [0.1, 0.15) is 0 Å². The summed E-state index contributed by atoms with van der Waals surface area (Å²) in [5.41, 5.74) is 1.28. The van der Waals surface area contributed by atoms with Gasteiger partial charge >= 0.3 is 0 Å². The minimum absolute atomic E-state index is 0.498. The van der Waals surface area contributed by atoms with Crippen molar-refractivity contribution < 1.29 is 0 Å². The van der Waals surface area contributed by atoms with E-state index in [2.05, 4.69) is 49.8 Å². The Balaban J connectivity index is 2.14. The average molecular weight is 373 g/mol. The van der Waals surface area contributed by atoms with Crippen LogP contribution >= 0.6 is 27.5 Å². The summed E-state index contributed by atoms with van der Waals surface area (Å²) in [6.45, 7) is 7.67. The highest BCUT2D eigenvalue weighted by Crippen LogP contribution is 2.10. The van der Waals surface area contributed by atoms with Crippen molar-refractivity contribution in [3.8, 4) is 0 Å². The molecule has 1 saturated heterocycles. The summed E-state index contributed by atoms with van der Waals surface area (Å²) in [4.78, 5) is 9.44. The zero-order valence-electron chi connectivity index (χ0n) is 12.6. The zero-order valence-corrected chi connectivity index (χ0v) is 14.9. The normalized spacial score (nSPS) is 18.5. The third kappa shape index (κ3) is 4.44. The van der Waals surface area contributed by atoms with Crippen LogP contribution in [-0.2, 0) is 0 Å². The minimum Gasteiger partial charge on any atom is -0.368 e. The Morgan fingerprint density at radius 1 is 1.33 bits per heavy atom. The van der Waals surface area contributed by atoms with Gasteiger partial charge in [-0.1, -0.05) is 22.0 Å². The van der Waals surface area contributed by atoms with E-state index in [1.54, 1.807) is 0 Å². The van der Waals surface area contributed by atoms with E-state index in [1.807, 2.05) is 12.3 Å². The fourth-order valence-electron chi connectivity index (χ4n) is 2.78. The molecular formula is C16H23BrClN3. The number of pyridine rings is 1. The number of rotatable bonds is 5. The average Bonchev–Trinajstić information content (AvgIpc) is 2.53. The first-order valence-corrected chi connectivity index (χ1v) is 9.16. The summed E-state index contributed by atoms with van der Waals surface area (Å²) >= 11 is 9.34. The fraction of sp³-hybridized carbons (Fsp3) is 0.562. The minimum atomic E-state index is 0.498. The fourth-order valence-corrected chi connectivity index (χ4v) is 3.18. The lowest BCUT2D eigenvalue weighted by Crippen LogP contribution is -2.49. The Morgan fingerprint density at radius 3 is 2.71 bits per heavy atom. The Labute approximate surface area is 140 Å². The van der Waals surface area contributed by atoms with Gasteiger partial charge in [0.15, 0.2) is 0 Å². The molecule has 0 bridgehead atoms. The number of halogens is 2. The molecule has 1 aromatic heterocycles. The number of alkyl halides is 2. The van der Waals surface area contributed by atoms with Crippen LogP contribution in [0.4, 0.5) is 5.69 Å². The molecular weight excluding hydrogens is 350 g/mol. The predicted molar refractivity (Wildman–Crippen MR) is 95.9 cm³/mol. The van der Waals surface area contributed by atoms with Crippen molar-refractivity contribution in [3.05, 3.63) is 22.8 Å². The first kappa shape index (κ1) is 16.8. The van der Waals surface area contributed by atoms with Crippen molar-refractivity contribution in [2.24, 2.45) is 0 Å². The molecule has 5 heteroatoms. The molecule has 0 amide bonds. The van der Waals surface area contributed by atoms with E-state index >= 15 is 0 Å². The standard InChI is InChI=1S/C16H23BrClN3/c1-2-14-15(4-7-18)19-8-5-16(14)21-12-10-20(11-13-21)9-3-6-17/h2,4-5,8H,3,6-7,9-13H2,1H3/b14-2+,15-4+. The first-order valence-electron chi connectivity index (χ1n) is 7.51. The van der Waals surface area contributed by atoms with E-state index in [9.17, 15) is 0 Å². The van der Waals surface area contributed by atoms with E-state index in [-0.39, 0.29) is 0 Å². The highest BCUT2D eigenvalue weighted by atomic mass is 79.9. The Bertz CT molecular complexity index is 553. The lowest BCUT2D eigenvalue weighted by atomic mass is 10.2. The SMILES string of the molecule is C/C=c1/c(N2CCN(CCCBr)CC2)ccn/c1=C/CCl. The van der Waals surface area contributed by atoms with Gasteiger partial charge in [0.2, 0.25) is 0 Å². The Hall–Kier alpha value is -0.580. The number of piperazine rings is 1. The van der Waals surface area contributed by atoms with Gasteiger partial charge in [-0.15, -0.1) is 11.6 Å². The van der Waals surface area contributed by atoms with Crippen LogP contribution in [0.3, 0.4) is 0 Å². The summed E-state index contributed by atoms with van der Waals surface area (Å²) in [5.74, 6) is 0.498. The molecule has 116 valence electrons. The van der Waals surface area contributed by atoms with Gasteiger partial charge in [0.25, 0.3) is 0 Å². The summed E-state index contributed by atoms with van der Waals surface area (Å²) in [6, 6.07) is 2.12. The van der Waals surface area contributed by atoms with Crippen molar-refractivity contribution >= 4 is 45.4 Å². The van der Waals surface area contributed by atoms with Gasteiger partial charge < -0.3 is 4.90 Å². The van der Waals surface area contributed by atoms with E-state index in [4.69, 9.17) is 11.6 Å². The molecule has 0 aromatic carbocycles. The molecule has 0 aliphatic carbocycles. The highest BCUT2D eigenvalue weighted by Gasteiger charge is 2.17. The Kier molecular flexibility index (Phi) is 7.00. The number of anilines is 1. The molecule has 0 unspecified atom stereocenters. The maximum absolute atomic E-state index is 5.84. The number of hydrogen-bond acceptors (Lipinski definition) is 3. The van der Waals surface area contributed by atoms with Crippen molar-refractivity contribution in [2.45, 2.75) is 13.3 Å². The Morgan fingerprint density at radius 2 is 2.10 bits per heavy atom. The van der Waals surface area contributed by atoms with Crippen LogP contribution in [0.1, 0.15) is 13.3 Å². The molecule has 2 rings (SSSR count). The summed E-state index contributed by atoms with van der Waals surface area (Å²) in [6.07, 6.45) is 7.22. The van der Waals surface area contributed by atoms with E-state index in [0.29, 0.717) is 5.88 Å². The third-order valence-electron chi connectivity index (χ3n) is 3.88. The highest BCUT2D eigenvalue weighted by molar-refractivity contribution is 9.09. The molecule has 0 atom stereocenters. The molecule has 2 heterocycles. The summed E-state index contributed by atoms with van der Waals surface area (Å²) < 4.78 is 0. The smallest absolute Gasteiger partial charge is 0.0691 e. The molecule has 0 radical (unpaired) electrons. The second-order valence-corrected chi connectivity index (χ2v) is 6.25. The van der Waals surface area contributed by atoms with E-state index in [0.717, 1.165) is 36.9 Å². The maximum Gasteiger partial charge on any atom is 0.0691 e. The van der Waals surface area contributed by atoms with Crippen LogP contribution in [0, 0.1) is 0 Å². The van der Waals surface area contributed by atoms with Crippen molar-refractivity contribution in [2.75, 3.05) is 48.8 Å². The quantitative estimate of drug-likeness (QED) is 0.735. The lowest BCUT2D eigenvalue weighted by Gasteiger charge is -2.36.